The monoisotopic (exact) mass is 1400 g/mol. The average molecular weight is 1400 g/mol. The Labute approximate surface area is 597 Å². The molecule has 3 aliphatic rings. The number of hydrogen-bond acceptors (Lipinski definition) is 18. The van der Waals surface area contributed by atoms with Crippen LogP contribution in [0, 0.1) is 0 Å². The molecular weight excluding hydrogens is 1260 g/mol. The smallest absolute Gasteiger partial charge is 0.220 e. The first kappa shape index (κ1) is 90.2. The molecular formula is C80H141NO18. The van der Waals surface area contributed by atoms with Crippen LogP contribution in [-0.2, 0) is 33.2 Å². The third kappa shape index (κ3) is 40.7. The minimum Gasteiger partial charge on any atom is -0.394 e. The summed E-state index contributed by atoms with van der Waals surface area (Å²) in [4.78, 5) is 13.5. The van der Waals surface area contributed by atoms with Crippen molar-refractivity contribution >= 4 is 5.91 Å². The molecule has 0 spiro atoms. The number of unbranched alkanes of at least 4 members (excludes halogenated alkanes) is 33. The molecule has 0 bridgehead atoms. The van der Waals surface area contributed by atoms with Crippen LogP contribution < -0.4 is 5.32 Å². The largest absolute Gasteiger partial charge is 0.394 e. The number of hydrogen-bond donors (Lipinski definition) is 12. The highest BCUT2D eigenvalue weighted by molar-refractivity contribution is 5.76. The predicted octanol–water partition coefficient (Wildman–Crippen LogP) is 12.6. The molecule has 12 N–H and O–H groups in total. The van der Waals surface area contributed by atoms with E-state index in [1.54, 1.807) is 6.08 Å². The van der Waals surface area contributed by atoms with Gasteiger partial charge in [0.25, 0.3) is 0 Å². The lowest BCUT2D eigenvalue weighted by Gasteiger charge is -2.48. The topological polar surface area (TPSA) is 307 Å². The van der Waals surface area contributed by atoms with Crippen molar-refractivity contribution in [3.8, 4) is 0 Å². The molecule has 3 fully saturated rings. The molecule has 17 unspecified atom stereocenters. The van der Waals surface area contributed by atoms with Crippen LogP contribution in [0.3, 0.4) is 0 Å². The van der Waals surface area contributed by atoms with Gasteiger partial charge in [-0.2, -0.15) is 0 Å². The highest BCUT2D eigenvalue weighted by Crippen LogP contribution is 2.33. The van der Waals surface area contributed by atoms with E-state index in [9.17, 15) is 61.0 Å². The molecule has 19 heteroatoms. The lowest BCUT2D eigenvalue weighted by Crippen LogP contribution is -2.66. The zero-order valence-electron chi connectivity index (χ0n) is 61.2. The van der Waals surface area contributed by atoms with Crippen LogP contribution in [0.15, 0.2) is 85.1 Å². The second kappa shape index (κ2) is 60.3. The molecule has 0 aromatic carbocycles. The summed E-state index contributed by atoms with van der Waals surface area (Å²) in [5, 5.41) is 121. The first-order valence-corrected chi connectivity index (χ1v) is 39.3. The Morgan fingerprint density at radius 2 is 0.697 bits per heavy atom. The molecule has 0 radical (unpaired) electrons. The Kier molecular flexibility index (Phi) is 54.9. The molecule has 0 aromatic rings. The van der Waals surface area contributed by atoms with Crippen LogP contribution in [0.1, 0.15) is 284 Å². The predicted molar refractivity (Wildman–Crippen MR) is 392 cm³/mol. The summed E-state index contributed by atoms with van der Waals surface area (Å²) < 4.78 is 34.4. The number of carbonyl (C=O) groups excluding carboxylic acids is 1. The summed E-state index contributed by atoms with van der Waals surface area (Å²) in [5.41, 5.74) is 0. The Balaban J connectivity index is 1.35. The third-order valence-electron chi connectivity index (χ3n) is 19.2. The molecule has 3 rings (SSSR count). The van der Waals surface area contributed by atoms with Gasteiger partial charge in [-0.25, -0.2) is 0 Å². The summed E-state index contributed by atoms with van der Waals surface area (Å²) in [5.74, 6) is -0.275. The van der Waals surface area contributed by atoms with Crippen LogP contribution >= 0.6 is 0 Å². The maximum Gasteiger partial charge on any atom is 0.220 e. The summed E-state index contributed by atoms with van der Waals surface area (Å²) >= 11 is 0. The van der Waals surface area contributed by atoms with Crippen molar-refractivity contribution in [2.24, 2.45) is 0 Å². The van der Waals surface area contributed by atoms with Gasteiger partial charge in [0.1, 0.15) is 73.2 Å². The molecule has 3 heterocycles. The van der Waals surface area contributed by atoms with E-state index in [1.165, 1.54) is 173 Å². The van der Waals surface area contributed by atoms with Crippen LogP contribution in [0.4, 0.5) is 0 Å². The Hall–Kier alpha value is -3.03. The van der Waals surface area contributed by atoms with Gasteiger partial charge >= 0.3 is 0 Å². The highest BCUT2D eigenvalue weighted by atomic mass is 16.8. The number of allylic oxidation sites excluding steroid dienone is 13. The van der Waals surface area contributed by atoms with Crippen molar-refractivity contribution in [2.75, 3.05) is 26.4 Å². The fourth-order valence-corrected chi connectivity index (χ4v) is 12.9. The van der Waals surface area contributed by atoms with Gasteiger partial charge in [-0.3, -0.25) is 4.79 Å². The van der Waals surface area contributed by atoms with Crippen molar-refractivity contribution in [3.05, 3.63) is 85.1 Å². The Morgan fingerprint density at radius 1 is 0.374 bits per heavy atom. The zero-order chi connectivity index (χ0) is 71.8. The number of nitrogens with one attached hydrogen (secondary N) is 1. The summed E-state index contributed by atoms with van der Waals surface area (Å²) in [6.45, 7) is 1.64. The standard InChI is InChI=1S/C80H141NO18/c1-3-5-7-9-11-13-15-17-19-21-23-24-25-26-27-28-29-30-31-32-33-34-35-36-37-38-40-42-44-46-48-50-52-54-56-58-68(86)81-63(64(85)57-55-53-51-49-47-45-43-41-39-22-20-18-16-14-12-10-8-6-4-2)62-94-78-74(92)71(89)76(66(60-83)96-78)99-80-75(93)72(90)77(67(61-84)97-80)98-79-73(91)70(88)69(87)65(59-82)95-79/h5,7,11,13,17,19,23-24,26-27,29-30,55,57,63-67,69-80,82-85,87-93H,3-4,6,8-10,12,14-16,18,20-22,25,28,31-54,56,58-62H2,1-2H3,(H,81,86)/b7-5-,13-11-,19-17-,24-23-,27-26-,30-29-,57-55+. The van der Waals surface area contributed by atoms with Crippen molar-refractivity contribution in [2.45, 2.75) is 388 Å². The number of aliphatic hydroxyl groups is 11. The maximum absolute atomic E-state index is 13.5. The molecule has 19 nitrogen and oxygen atoms in total. The van der Waals surface area contributed by atoms with Gasteiger partial charge < -0.3 is 89.9 Å². The Morgan fingerprint density at radius 3 is 1.09 bits per heavy atom. The minimum absolute atomic E-state index is 0.241. The lowest BCUT2D eigenvalue weighted by atomic mass is 9.96. The number of amides is 1. The first-order valence-electron chi connectivity index (χ1n) is 39.3. The molecule has 3 saturated heterocycles. The van der Waals surface area contributed by atoms with Gasteiger partial charge in [-0.15, -0.1) is 0 Å². The molecule has 99 heavy (non-hydrogen) atoms. The summed E-state index contributed by atoms with van der Waals surface area (Å²) in [6.07, 6.45) is 52.7. The number of carbonyl (C=O) groups is 1. The van der Waals surface area contributed by atoms with Crippen molar-refractivity contribution in [1.29, 1.82) is 0 Å². The number of rotatable bonds is 61. The quantitative estimate of drug-likeness (QED) is 0.0199. The third-order valence-corrected chi connectivity index (χ3v) is 19.2. The van der Waals surface area contributed by atoms with Crippen molar-refractivity contribution in [1.82, 2.24) is 5.32 Å². The van der Waals surface area contributed by atoms with Gasteiger partial charge in [0.15, 0.2) is 18.9 Å². The Bertz CT molecular complexity index is 2120. The summed E-state index contributed by atoms with van der Waals surface area (Å²) in [7, 11) is 0. The second-order valence-electron chi connectivity index (χ2n) is 27.8. The van der Waals surface area contributed by atoms with E-state index in [0.29, 0.717) is 6.42 Å². The molecule has 0 saturated carbocycles. The zero-order valence-corrected chi connectivity index (χ0v) is 61.2. The second-order valence-corrected chi connectivity index (χ2v) is 27.8. The average Bonchev–Trinajstić information content (AvgIpc) is 0.784. The van der Waals surface area contributed by atoms with Crippen LogP contribution in [0.25, 0.3) is 0 Å². The van der Waals surface area contributed by atoms with Crippen molar-refractivity contribution < 1.29 is 89.4 Å². The number of aliphatic hydroxyl groups excluding tert-OH is 11. The summed E-state index contributed by atoms with van der Waals surface area (Å²) in [6, 6.07) is -0.977. The molecule has 0 aliphatic carbocycles. The van der Waals surface area contributed by atoms with Crippen LogP contribution in [0.5, 0.6) is 0 Å². The number of ether oxygens (including phenoxy) is 6. The van der Waals surface area contributed by atoms with E-state index in [-0.39, 0.29) is 18.9 Å². The maximum atomic E-state index is 13.5. The fourth-order valence-electron chi connectivity index (χ4n) is 12.9. The van der Waals surface area contributed by atoms with E-state index < -0.39 is 124 Å². The van der Waals surface area contributed by atoms with Gasteiger partial charge in [0.2, 0.25) is 5.91 Å². The van der Waals surface area contributed by atoms with Crippen LogP contribution in [0.2, 0.25) is 0 Å². The molecule has 17 atom stereocenters. The lowest BCUT2D eigenvalue weighted by molar-refractivity contribution is -0.379. The molecule has 3 aliphatic heterocycles. The fraction of sp³-hybridized carbons (Fsp3) is 0.812. The SMILES string of the molecule is CC/C=C\C/C=C\C/C=C\C/C=C\C/C=C\C/C=C\CCCCCCCCCCCCCCCCCCC(=O)NC(COC1OC(CO)C(OC2OC(CO)C(OC3OC(CO)C(O)C(O)C3O)C(O)C2O)C(O)C1O)C(O)/C=C/CCCCCCCCCCCCCCCCCCC. The van der Waals surface area contributed by atoms with E-state index >= 15 is 0 Å². The molecule has 1 amide bonds. The highest BCUT2D eigenvalue weighted by Gasteiger charge is 2.53. The molecule has 574 valence electrons. The van der Waals surface area contributed by atoms with Gasteiger partial charge in [0, 0.05) is 6.42 Å². The van der Waals surface area contributed by atoms with E-state index in [0.717, 1.165) is 83.5 Å². The van der Waals surface area contributed by atoms with Crippen LogP contribution in [-0.4, -0.2) is 193 Å². The van der Waals surface area contributed by atoms with Gasteiger partial charge in [-0.1, -0.05) is 292 Å². The van der Waals surface area contributed by atoms with E-state index in [1.807, 2.05) is 6.08 Å². The normalized spacial score (nSPS) is 27.1. The van der Waals surface area contributed by atoms with Gasteiger partial charge in [-0.05, 0) is 70.6 Å². The van der Waals surface area contributed by atoms with Crippen molar-refractivity contribution in [3.63, 3.8) is 0 Å². The van der Waals surface area contributed by atoms with E-state index in [4.69, 9.17) is 28.4 Å². The van der Waals surface area contributed by atoms with Gasteiger partial charge in [0.05, 0.1) is 38.6 Å². The first-order chi connectivity index (χ1) is 48.3. The van der Waals surface area contributed by atoms with E-state index in [2.05, 4.69) is 92.1 Å². The minimum atomic E-state index is -1.98. The molecule has 0 aromatic heterocycles.